The van der Waals surface area contributed by atoms with Crippen LogP contribution in [-0.4, -0.2) is 49.8 Å². The SMILES string of the molecule is c1cc(-c2c(-c3nccc4ccccc34)c(-c3ccc4[nH]ccc4c3)c(-c3nc4ccccc4[nH]3)c3nc(-c4cccc5nccnc45)cc(-c4cnc5ccccc5n4)c23)c2ccncc2c1. The minimum absolute atomic E-state index is 0.661. The van der Waals surface area contributed by atoms with Crippen molar-refractivity contribution in [3.05, 3.63) is 195 Å². The van der Waals surface area contributed by atoms with E-state index in [1.54, 1.807) is 12.4 Å². The fraction of sp³-hybridized carbons (Fsp3) is 0. The summed E-state index contributed by atoms with van der Waals surface area (Å²) < 4.78 is 0. The zero-order valence-electron chi connectivity index (χ0n) is 36.1. The first-order chi connectivity index (χ1) is 33.7. The van der Waals surface area contributed by atoms with Gasteiger partial charge in [0.2, 0.25) is 0 Å². The van der Waals surface area contributed by atoms with Gasteiger partial charge in [0.15, 0.2) is 0 Å². The Balaban J connectivity index is 1.29. The number of hydrogen-bond acceptors (Lipinski definition) is 8. The minimum atomic E-state index is 0.661. The van der Waals surface area contributed by atoms with Crippen LogP contribution >= 0.6 is 0 Å². The molecule has 0 aliphatic rings. The third kappa shape index (κ3) is 5.91. The van der Waals surface area contributed by atoms with E-state index < -0.39 is 0 Å². The highest BCUT2D eigenvalue weighted by Gasteiger charge is 2.31. The van der Waals surface area contributed by atoms with E-state index in [2.05, 4.69) is 112 Å². The molecule has 0 aliphatic carbocycles. The Morgan fingerprint density at radius 2 is 1.22 bits per heavy atom. The highest BCUT2D eigenvalue weighted by molar-refractivity contribution is 6.24. The quantitative estimate of drug-likeness (QED) is 0.169. The number of benzene rings is 7. The van der Waals surface area contributed by atoms with Gasteiger partial charge < -0.3 is 9.97 Å². The summed E-state index contributed by atoms with van der Waals surface area (Å²) in [7, 11) is 0. The van der Waals surface area contributed by atoms with E-state index in [0.29, 0.717) is 22.7 Å². The van der Waals surface area contributed by atoms with Crippen molar-refractivity contribution in [2.45, 2.75) is 0 Å². The summed E-state index contributed by atoms with van der Waals surface area (Å²) in [6.07, 6.45) is 13.0. The van der Waals surface area contributed by atoms with Crippen molar-refractivity contribution in [2.75, 3.05) is 0 Å². The van der Waals surface area contributed by atoms with Gasteiger partial charge in [-0.2, -0.15) is 0 Å². The van der Waals surface area contributed by atoms with Crippen LogP contribution in [0.15, 0.2) is 195 Å². The molecular formula is C58H34N10. The number of rotatable bonds is 6. The van der Waals surface area contributed by atoms with Gasteiger partial charge in [0.25, 0.3) is 0 Å². The smallest absolute Gasteiger partial charge is 0.141 e. The van der Waals surface area contributed by atoms with Gasteiger partial charge in [-0.15, -0.1) is 0 Å². The maximum absolute atomic E-state index is 5.88. The average molecular weight is 871 g/mol. The molecule has 0 amide bonds. The van der Waals surface area contributed by atoms with Gasteiger partial charge in [0.1, 0.15) is 5.82 Å². The Morgan fingerprint density at radius 3 is 2.18 bits per heavy atom. The van der Waals surface area contributed by atoms with Crippen LogP contribution < -0.4 is 0 Å². The molecule has 10 nitrogen and oxygen atoms in total. The van der Waals surface area contributed by atoms with E-state index in [1.807, 2.05) is 85.6 Å². The van der Waals surface area contributed by atoms with Crippen LogP contribution in [0, 0.1) is 0 Å². The number of para-hydroxylation sites is 5. The third-order valence-electron chi connectivity index (χ3n) is 13.1. The number of nitrogens with zero attached hydrogens (tertiary/aromatic N) is 8. The first-order valence-electron chi connectivity index (χ1n) is 22.4. The zero-order chi connectivity index (χ0) is 44.7. The van der Waals surface area contributed by atoms with E-state index in [4.69, 9.17) is 34.9 Å². The topological polar surface area (TPSA) is 135 Å². The number of imidazole rings is 1. The first-order valence-corrected chi connectivity index (χ1v) is 22.4. The Kier molecular flexibility index (Phi) is 8.34. The Bertz CT molecular complexity index is 4310. The number of pyridine rings is 3. The lowest BCUT2D eigenvalue weighted by atomic mass is 9.79. The maximum Gasteiger partial charge on any atom is 0.141 e. The highest BCUT2D eigenvalue weighted by Crippen LogP contribution is 2.54. The van der Waals surface area contributed by atoms with Gasteiger partial charge in [0.05, 0.1) is 67.5 Å². The highest BCUT2D eigenvalue weighted by atomic mass is 14.9. The summed E-state index contributed by atoms with van der Waals surface area (Å²) in [4.78, 5) is 48.6. The van der Waals surface area contributed by atoms with E-state index in [9.17, 15) is 0 Å². The molecule has 0 aliphatic heterocycles. The number of aromatic amines is 2. The van der Waals surface area contributed by atoms with Crippen LogP contribution in [0.1, 0.15) is 0 Å². The predicted octanol–water partition coefficient (Wildman–Crippen LogP) is 13.6. The second kappa shape index (κ2) is 15.0. The number of hydrogen-bond donors (Lipinski definition) is 2. The number of H-pyrrole nitrogens is 2. The van der Waals surface area contributed by atoms with Crippen molar-refractivity contribution < 1.29 is 0 Å². The van der Waals surface area contributed by atoms with Crippen molar-refractivity contribution in [2.24, 2.45) is 0 Å². The standard InChI is InChI=1S/C58H34N10/c1-2-11-38-33(9-1)21-26-62-56(38)53-50(35-19-20-42-34(29-35)22-25-60-42)54(58-67-45-16-5-6-17-46(45)68-58)57-52(51(53)39-12-7-10-36-31-59-24-23-37(36)39)41(49-32-64-43-14-3-4-15-44(43)65-49)30-48(66-57)40-13-8-18-47-55(40)63-28-27-61-47/h1-32,60H,(H,67,68). The third-order valence-corrected chi connectivity index (χ3v) is 13.1. The van der Waals surface area contributed by atoms with Gasteiger partial charge in [-0.05, 0) is 94.0 Å². The van der Waals surface area contributed by atoms with Crippen molar-refractivity contribution in [3.8, 4) is 67.4 Å². The second-order valence-corrected chi connectivity index (χ2v) is 16.9. The molecule has 14 rings (SSSR count). The lowest BCUT2D eigenvalue weighted by molar-refractivity contribution is 1.28. The molecule has 10 heteroatoms. The summed E-state index contributed by atoms with van der Waals surface area (Å²) in [6, 6.07) is 52.1. The summed E-state index contributed by atoms with van der Waals surface area (Å²) in [5.74, 6) is 0.661. The Morgan fingerprint density at radius 1 is 0.397 bits per heavy atom. The number of fused-ring (bicyclic) bond motifs is 7. The van der Waals surface area contributed by atoms with Crippen LogP contribution in [0.3, 0.4) is 0 Å². The van der Waals surface area contributed by atoms with Gasteiger partial charge >= 0.3 is 0 Å². The summed E-state index contributed by atoms with van der Waals surface area (Å²) in [5.41, 5.74) is 15.9. The van der Waals surface area contributed by atoms with Crippen molar-refractivity contribution >= 4 is 76.5 Å². The lowest BCUT2D eigenvalue weighted by Gasteiger charge is -2.25. The second-order valence-electron chi connectivity index (χ2n) is 16.9. The average Bonchev–Trinajstić information content (AvgIpc) is 4.07. The van der Waals surface area contributed by atoms with E-state index in [-0.39, 0.29) is 0 Å². The normalized spacial score (nSPS) is 11.8. The lowest BCUT2D eigenvalue weighted by Crippen LogP contribution is -2.04. The van der Waals surface area contributed by atoms with E-state index >= 15 is 0 Å². The van der Waals surface area contributed by atoms with Gasteiger partial charge in [-0.3, -0.25) is 24.9 Å². The fourth-order valence-corrected chi connectivity index (χ4v) is 10.1. The molecule has 316 valence electrons. The molecule has 0 spiro atoms. The summed E-state index contributed by atoms with van der Waals surface area (Å²) in [6.45, 7) is 0. The van der Waals surface area contributed by atoms with Crippen LogP contribution in [-0.2, 0) is 0 Å². The fourth-order valence-electron chi connectivity index (χ4n) is 10.1. The molecule has 0 unspecified atom stereocenters. The molecule has 14 aromatic rings. The van der Waals surface area contributed by atoms with Crippen molar-refractivity contribution in [1.82, 2.24) is 49.8 Å². The Labute approximate surface area is 387 Å². The number of nitrogens with one attached hydrogen (secondary N) is 2. The maximum atomic E-state index is 5.88. The largest absolute Gasteiger partial charge is 0.361 e. The van der Waals surface area contributed by atoms with Gasteiger partial charge in [0, 0.05) is 86.7 Å². The van der Waals surface area contributed by atoms with E-state index in [0.717, 1.165) is 121 Å². The molecule has 0 bridgehead atoms. The summed E-state index contributed by atoms with van der Waals surface area (Å²) >= 11 is 0. The van der Waals surface area contributed by atoms with Crippen LogP contribution in [0.4, 0.5) is 0 Å². The molecule has 0 fully saturated rings. The molecule has 7 aromatic carbocycles. The van der Waals surface area contributed by atoms with Gasteiger partial charge in [-0.25, -0.2) is 15.0 Å². The Hall–Kier alpha value is -9.54. The molecule has 0 saturated carbocycles. The number of aromatic nitrogens is 10. The molecule has 0 atom stereocenters. The monoisotopic (exact) mass is 870 g/mol. The molecule has 7 heterocycles. The summed E-state index contributed by atoms with van der Waals surface area (Å²) in [5, 5.41) is 6.02. The molecule has 7 aromatic heterocycles. The first kappa shape index (κ1) is 37.8. The minimum Gasteiger partial charge on any atom is -0.361 e. The van der Waals surface area contributed by atoms with Crippen LogP contribution in [0.25, 0.3) is 144 Å². The molecule has 2 N–H and O–H groups in total. The van der Waals surface area contributed by atoms with Gasteiger partial charge in [-0.1, -0.05) is 84.9 Å². The molecular weight excluding hydrogens is 837 g/mol. The molecule has 0 radical (unpaired) electrons. The van der Waals surface area contributed by atoms with Crippen LogP contribution in [0.2, 0.25) is 0 Å². The van der Waals surface area contributed by atoms with E-state index in [1.165, 1.54) is 0 Å². The van der Waals surface area contributed by atoms with Crippen LogP contribution in [0.5, 0.6) is 0 Å². The zero-order valence-corrected chi connectivity index (χ0v) is 36.1. The van der Waals surface area contributed by atoms with Crippen molar-refractivity contribution in [1.29, 1.82) is 0 Å². The molecule has 0 saturated heterocycles. The molecule has 68 heavy (non-hydrogen) atoms. The predicted molar refractivity (Wildman–Crippen MR) is 273 cm³/mol. The van der Waals surface area contributed by atoms with Crippen molar-refractivity contribution in [3.63, 3.8) is 0 Å².